The predicted molar refractivity (Wildman–Crippen MR) is 118 cm³/mol. The second-order valence-corrected chi connectivity index (χ2v) is 8.38. The number of imide groups is 1. The fourth-order valence-electron chi connectivity index (χ4n) is 2.90. The number of hydrogen-bond acceptors (Lipinski definition) is 7. The van der Waals surface area contributed by atoms with Crippen molar-refractivity contribution in [1.29, 1.82) is 0 Å². The van der Waals surface area contributed by atoms with Gasteiger partial charge in [-0.05, 0) is 64.3 Å². The van der Waals surface area contributed by atoms with Gasteiger partial charge < -0.3 is 14.8 Å². The SMILES string of the molecule is COc1cc(/C=C2\SC(=O)N(CCNC(=O)CCc3ccsc3)C2=O)ccc1OC(F)F. The molecular formula is C21H20F2N2O5S2. The monoisotopic (exact) mass is 482 g/mol. The summed E-state index contributed by atoms with van der Waals surface area (Å²) in [5, 5.41) is 6.19. The van der Waals surface area contributed by atoms with Crippen LogP contribution in [0.25, 0.3) is 6.08 Å². The summed E-state index contributed by atoms with van der Waals surface area (Å²) in [4.78, 5) is 38.0. The number of thioether (sulfide) groups is 1. The van der Waals surface area contributed by atoms with Gasteiger partial charge in [-0.1, -0.05) is 6.07 Å². The zero-order valence-corrected chi connectivity index (χ0v) is 18.6. The third-order valence-electron chi connectivity index (χ3n) is 4.45. The number of halogens is 2. The van der Waals surface area contributed by atoms with Gasteiger partial charge in [-0.15, -0.1) is 0 Å². The number of amides is 3. The van der Waals surface area contributed by atoms with E-state index in [1.165, 1.54) is 31.4 Å². The highest BCUT2D eigenvalue weighted by molar-refractivity contribution is 8.18. The highest BCUT2D eigenvalue weighted by Crippen LogP contribution is 2.34. The number of thiophene rings is 1. The summed E-state index contributed by atoms with van der Waals surface area (Å²) in [6.45, 7) is -2.79. The van der Waals surface area contributed by atoms with E-state index in [1.807, 2.05) is 16.8 Å². The molecule has 2 heterocycles. The Morgan fingerprint density at radius 1 is 1.25 bits per heavy atom. The molecule has 1 fully saturated rings. The lowest BCUT2D eigenvalue weighted by Gasteiger charge is -2.13. The molecule has 0 radical (unpaired) electrons. The average molecular weight is 483 g/mol. The van der Waals surface area contributed by atoms with Crippen LogP contribution in [0.3, 0.4) is 0 Å². The minimum Gasteiger partial charge on any atom is -0.493 e. The van der Waals surface area contributed by atoms with E-state index in [4.69, 9.17) is 4.74 Å². The van der Waals surface area contributed by atoms with E-state index in [1.54, 1.807) is 11.3 Å². The molecule has 0 bridgehead atoms. The first-order valence-electron chi connectivity index (χ1n) is 9.53. The predicted octanol–water partition coefficient (Wildman–Crippen LogP) is 4.14. The van der Waals surface area contributed by atoms with Crippen molar-refractivity contribution < 1.29 is 32.6 Å². The number of methoxy groups -OCH3 is 1. The van der Waals surface area contributed by atoms with Crippen LogP contribution < -0.4 is 14.8 Å². The van der Waals surface area contributed by atoms with Crippen LogP contribution in [-0.2, 0) is 16.0 Å². The van der Waals surface area contributed by atoms with E-state index in [0.29, 0.717) is 18.4 Å². The summed E-state index contributed by atoms with van der Waals surface area (Å²) in [6.07, 6.45) is 2.43. The summed E-state index contributed by atoms with van der Waals surface area (Å²) in [5.41, 5.74) is 1.57. The van der Waals surface area contributed by atoms with Crippen LogP contribution in [-0.4, -0.2) is 48.8 Å². The number of carbonyl (C=O) groups excluding carboxylic acids is 3. The first-order chi connectivity index (χ1) is 15.4. The largest absolute Gasteiger partial charge is 0.493 e. The lowest BCUT2D eigenvalue weighted by Crippen LogP contribution is -2.37. The minimum absolute atomic E-state index is 0.0523. The van der Waals surface area contributed by atoms with E-state index in [9.17, 15) is 23.2 Å². The number of nitrogens with one attached hydrogen (secondary N) is 1. The Balaban J connectivity index is 1.55. The summed E-state index contributed by atoms with van der Waals surface area (Å²) >= 11 is 2.33. The number of carbonyl (C=O) groups is 3. The Morgan fingerprint density at radius 3 is 2.75 bits per heavy atom. The van der Waals surface area contributed by atoms with Gasteiger partial charge >= 0.3 is 6.61 Å². The van der Waals surface area contributed by atoms with Crippen LogP contribution in [0.15, 0.2) is 39.9 Å². The Hall–Kier alpha value is -2.92. The number of hydrogen-bond donors (Lipinski definition) is 1. The molecule has 1 aliphatic heterocycles. The molecule has 3 amide bonds. The number of nitrogens with zero attached hydrogens (tertiary/aromatic N) is 1. The Bertz CT molecular complexity index is 1010. The van der Waals surface area contributed by atoms with Gasteiger partial charge in [-0.25, -0.2) is 0 Å². The summed E-state index contributed by atoms with van der Waals surface area (Å²) in [6, 6.07) is 6.16. The van der Waals surface area contributed by atoms with Gasteiger partial charge in [0.25, 0.3) is 11.1 Å². The third-order valence-corrected chi connectivity index (χ3v) is 6.09. The van der Waals surface area contributed by atoms with Gasteiger partial charge in [0.2, 0.25) is 5.91 Å². The van der Waals surface area contributed by atoms with Crippen molar-refractivity contribution in [2.45, 2.75) is 19.5 Å². The fraction of sp³-hybridized carbons (Fsp3) is 0.286. The van der Waals surface area contributed by atoms with Crippen LogP contribution in [0.5, 0.6) is 11.5 Å². The van der Waals surface area contributed by atoms with Gasteiger partial charge in [-0.2, -0.15) is 20.1 Å². The summed E-state index contributed by atoms with van der Waals surface area (Å²) in [7, 11) is 1.31. The number of rotatable bonds is 10. The first-order valence-corrected chi connectivity index (χ1v) is 11.3. The van der Waals surface area contributed by atoms with E-state index in [0.717, 1.165) is 22.2 Å². The molecule has 2 aromatic rings. The molecule has 1 aromatic carbocycles. The van der Waals surface area contributed by atoms with E-state index >= 15 is 0 Å². The van der Waals surface area contributed by atoms with E-state index < -0.39 is 17.8 Å². The van der Waals surface area contributed by atoms with Crippen molar-refractivity contribution in [2.75, 3.05) is 20.2 Å². The van der Waals surface area contributed by atoms with Crippen molar-refractivity contribution >= 4 is 46.2 Å². The zero-order valence-electron chi connectivity index (χ0n) is 17.0. The van der Waals surface area contributed by atoms with Crippen molar-refractivity contribution in [1.82, 2.24) is 10.2 Å². The number of benzene rings is 1. The van der Waals surface area contributed by atoms with Crippen LogP contribution >= 0.6 is 23.1 Å². The maximum atomic E-state index is 12.6. The van der Waals surface area contributed by atoms with Crippen molar-refractivity contribution in [2.24, 2.45) is 0 Å². The molecule has 11 heteroatoms. The quantitative estimate of drug-likeness (QED) is 0.513. The first kappa shape index (κ1) is 23.7. The molecule has 0 atom stereocenters. The van der Waals surface area contributed by atoms with Crippen molar-refractivity contribution in [3.8, 4) is 11.5 Å². The molecule has 170 valence electrons. The van der Waals surface area contributed by atoms with E-state index in [2.05, 4.69) is 10.1 Å². The number of aryl methyl sites for hydroxylation is 1. The van der Waals surface area contributed by atoms with Gasteiger partial charge in [0.05, 0.1) is 12.0 Å². The maximum Gasteiger partial charge on any atom is 0.387 e. The normalized spacial score (nSPS) is 15.0. The number of ether oxygens (including phenoxy) is 2. The second-order valence-electron chi connectivity index (χ2n) is 6.60. The molecular weight excluding hydrogens is 462 g/mol. The Labute approximate surface area is 191 Å². The molecule has 0 unspecified atom stereocenters. The molecule has 0 aliphatic carbocycles. The highest BCUT2D eigenvalue weighted by atomic mass is 32.2. The smallest absolute Gasteiger partial charge is 0.387 e. The Morgan fingerprint density at radius 2 is 2.06 bits per heavy atom. The number of alkyl halides is 2. The molecule has 32 heavy (non-hydrogen) atoms. The second kappa shape index (κ2) is 11.1. The topological polar surface area (TPSA) is 84.9 Å². The van der Waals surface area contributed by atoms with Gasteiger partial charge in [-0.3, -0.25) is 19.3 Å². The average Bonchev–Trinajstić information content (AvgIpc) is 3.36. The Kier molecular flexibility index (Phi) is 8.23. The minimum atomic E-state index is -3.00. The highest BCUT2D eigenvalue weighted by Gasteiger charge is 2.34. The van der Waals surface area contributed by atoms with Crippen LogP contribution in [0, 0.1) is 0 Å². The van der Waals surface area contributed by atoms with Gasteiger partial charge in [0, 0.05) is 19.5 Å². The fourth-order valence-corrected chi connectivity index (χ4v) is 4.47. The zero-order chi connectivity index (χ0) is 23.1. The van der Waals surface area contributed by atoms with Gasteiger partial charge in [0.1, 0.15) is 0 Å². The van der Waals surface area contributed by atoms with Crippen LogP contribution in [0.4, 0.5) is 13.6 Å². The van der Waals surface area contributed by atoms with E-state index in [-0.39, 0.29) is 35.4 Å². The van der Waals surface area contributed by atoms with Crippen LogP contribution in [0.1, 0.15) is 17.5 Å². The van der Waals surface area contributed by atoms with Crippen molar-refractivity contribution in [3.63, 3.8) is 0 Å². The molecule has 1 N–H and O–H groups in total. The lowest BCUT2D eigenvalue weighted by atomic mass is 10.2. The van der Waals surface area contributed by atoms with Crippen molar-refractivity contribution in [3.05, 3.63) is 51.1 Å². The standard InChI is InChI=1S/C21H20F2N2O5S2/c1-29-16-10-14(2-4-15(16)30-20(22)23)11-17-19(27)25(21(28)32-17)8-7-24-18(26)5-3-13-6-9-31-12-13/h2,4,6,9-12,20H,3,5,7-8H2,1H3,(H,24,26)/b17-11-. The van der Waals surface area contributed by atoms with Crippen LogP contribution in [0.2, 0.25) is 0 Å². The molecule has 0 saturated carbocycles. The summed E-state index contributed by atoms with van der Waals surface area (Å²) in [5.74, 6) is -0.706. The molecule has 3 rings (SSSR count). The summed E-state index contributed by atoms with van der Waals surface area (Å²) < 4.78 is 34.3. The third kappa shape index (κ3) is 6.30. The maximum absolute atomic E-state index is 12.6. The molecule has 1 aliphatic rings. The molecule has 1 aromatic heterocycles. The molecule has 1 saturated heterocycles. The van der Waals surface area contributed by atoms with Gasteiger partial charge in [0.15, 0.2) is 11.5 Å². The lowest BCUT2D eigenvalue weighted by molar-refractivity contribution is -0.124. The molecule has 7 nitrogen and oxygen atoms in total. The molecule has 0 spiro atoms.